The molecule has 0 aromatic carbocycles. The van der Waals surface area contributed by atoms with Crippen LogP contribution in [0.2, 0.25) is 0 Å². The van der Waals surface area contributed by atoms with Crippen molar-refractivity contribution in [2.45, 2.75) is 6.04 Å². The maximum Gasteiger partial charge on any atom is 0.332 e. The van der Waals surface area contributed by atoms with Crippen molar-refractivity contribution in [2.75, 3.05) is 25.1 Å². The average molecular weight is 392 g/mol. The summed E-state index contributed by atoms with van der Waals surface area (Å²) in [6, 6.07) is 1.08. The molecule has 1 amide bonds. The summed E-state index contributed by atoms with van der Waals surface area (Å²) < 4.78 is 7.54. The number of aromatic nitrogens is 3. The molecule has 0 saturated carbocycles. The average Bonchev–Trinajstić information content (AvgIpc) is 2.58. The molecule has 2 N–H and O–H groups in total. The first-order valence-corrected chi connectivity index (χ1v) is 7.17. The van der Waals surface area contributed by atoms with Crippen LogP contribution in [0.15, 0.2) is 21.9 Å². The summed E-state index contributed by atoms with van der Waals surface area (Å²) >= 11 is 0. The standard InChI is InChI=1S/C14H17N5O4.2ClH/c1-18-11-9(13(21)19(2)14(18)22)5-8(6-16-11)17-12(20)10-7-23-4-3-15-10;;/h5-6,10,15H,3-4,7H2,1-2H3,(H,17,20);2*1H. The second-order valence-corrected chi connectivity index (χ2v) is 5.37. The van der Waals surface area contributed by atoms with Crippen LogP contribution in [-0.4, -0.2) is 45.8 Å². The van der Waals surface area contributed by atoms with Crippen LogP contribution in [-0.2, 0) is 23.6 Å². The van der Waals surface area contributed by atoms with Crippen molar-refractivity contribution in [3.8, 4) is 0 Å². The molecule has 1 saturated heterocycles. The fourth-order valence-corrected chi connectivity index (χ4v) is 2.50. The van der Waals surface area contributed by atoms with Crippen molar-refractivity contribution in [1.82, 2.24) is 19.4 Å². The number of aryl methyl sites for hydroxylation is 1. The van der Waals surface area contributed by atoms with Crippen LogP contribution in [0.5, 0.6) is 0 Å². The van der Waals surface area contributed by atoms with Gasteiger partial charge in [-0.25, -0.2) is 9.78 Å². The predicted octanol–water partition coefficient (Wildman–Crippen LogP) is -0.597. The van der Waals surface area contributed by atoms with Crippen molar-refractivity contribution in [3.63, 3.8) is 0 Å². The fraction of sp³-hybridized carbons (Fsp3) is 0.429. The van der Waals surface area contributed by atoms with Crippen molar-refractivity contribution >= 4 is 47.4 Å². The smallest absolute Gasteiger partial charge is 0.332 e. The van der Waals surface area contributed by atoms with E-state index in [4.69, 9.17) is 4.74 Å². The molecule has 9 nitrogen and oxygen atoms in total. The molecule has 1 aliphatic heterocycles. The molecule has 3 heterocycles. The molecular weight excluding hydrogens is 373 g/mol. The summed E-state index contributed by atoms with van der Waals surface area (Å²) in [7, 11) is 2.94. The molecule has 0 aliphatic carbocycles. The van der Waals surface area contributed by atoms with Gasteiger partial charge in [-0.1, -0.05) is 0 Å². The summed E-state index contributed by atoms with van der Waals surface area (Å²) in [6.45, 7) is 1.48. The Morgan fingerprint density at radius 1 is 1.32 bits per heavy atom. The van der Waals surface area contributed by atoms with Crippen LogP contribution in [0.4, 0.5) is 5.69 Å². The second kappa shape index (κ2) is 8.43. The number of rotatable bonds is 2. The molecule has 3 rings (SSSR count). The third kappa shape index (κ3) is 4.01. The Balaban J connectivity index is 0.00000156. The summed E-state index contributed by atoms with van der Waals surface area (Å²) in [5.41, 5.74) is -0.234. The van der Waals surface area contributed by atoms with Gasteiger partial charge in [-0.3, -0.25) is 18.7 Å². The lowest BCUT2D eigenvalue weighted by Gasteiger charge is -2.22. The Kier molecular flexibility index (Phi) is 7.12. The second-order valence-electron chi connectivity index (χ2n) is 5.37. The van der Waals surface area contributed by atoms with Gasteiger partial charge >= 0.3 is 5.69 Å². The van der Waals surface area contributed by atoms with Crippen molar-refractivity contribution in [2.24, 2.45) is 14.1 Å². The van der Waals surface area contributed by atoms with E-state index in [0.717, 1.165) is 4.57 Å². The number of ether oxygens (including phenoxy) is 1. The lowest BCUT2D eigenvalue weighted by atomic mass is 10.2. The van der Waals surface area contributed by atoms with Gasteiger partial charge in [0.25, 0.3) is 5.56 Å². The minimum atomic E-state index is -0.453. The van der Waals surface area contributed by atoms with E-state index in [1.807, 2.05) is 0 Å². The van der Waals surface area contributed by atoms with E-state index in [1.165, 1.54) is 23.9 Å². The Bertz CT molecular complexity index is 889. The highest BCUT2D eigenvalue weighted by Crippen LogP contribution is 2.12. The molecular formula is C14H19Cl2N5O4. The predicted molar refractivity (Wildman–Crippen MR) is 98.0 cm³/mol. The molecule has 0 spiro atoms. The van der Waals surface area contributed by atoms with Gasteiger partial charge < -0.3 is 15.4 Å². The number of hydrogen-bond acceptors (Lipinski definition) is 6. The van der Waals surface area contributed by atoms with Crippen molar-refractivity contribution in [3.05, 3.63) is 33.1 Å². The maximum absolute atomic E-state index is 12.2. The Hall–Kier alpha value is -1.94. The van der Waals surface area contributed by atoms with E-state index in [2.05, 4.69) is 15.6 Å². The first-order chi connectivity index (χ1) is 11.0. The monoisotopic (exact) mass is 391 g/mol. The number of nitrogens with zero attached hydrogens (tertiary/aromatic N) is 3. The zero-order valence-electron chi connectivity index (χ0n) is 13.6. The maximum atomic E-state index is 12.2. The Morgan fingerprint density at radius 3 is 2.68 bits per heavy atom. The minimum absolute atomic E-state index is 0. The van der Waals surface area contributed by atoms with Gasteiger partial charge in [0.05, 0.1) is 30.5 Å². The number of halogens is 2. The number of nitrogens with one attached hydrogen (secondary N) is 2. The molecule has 1 fully saturated rings. The largest absolute Gasteiger partial charge is 0.378 e. The third-order valence-electron chi connectivity index (χ3n) is 3.80. The molecule has 0 radical (unpaired) electrons. The number of morpholine rings is 1. The van der Waals surface area contributed by atoms with Gasteiger partial charge in [-0.15, -0.1) is 24.8 Å². The van der Waals surface area contributed by atoms with Gasteiger partial charge in [0.2, 0.25) is 5.91 Å². The van der Waals surface area contributed by atoms with E-state index in [9.17, 15) is 14.4 Å². The van der Waals surface area contributed by atoms with E-state index in [1.54, 1.807) is 7.05 Å². The van der Waals surface area contributed by atoms with Crippen LogP contribution in [0.25, 0.3) is 11.0 Å². The number of pyridine rings is 1. The van der Waals surface area contributed by atoms with Gasteiger partial charge in [-0.2, -0.15) is 0 Å². The van der Waals surface area contributed by atoms with Crippen LogP contribution in [0.1, 0.15) is 0 Å². The molecule has 0 bridgehead atoms. The molecule has 1 unspecified atom stereocenters. The van der Waals surface area contributed by atoms with Crippen LogP contribution < -0.4 is 21.9 Å². The Morgan fingerprint density at radius 2 is 2.04 bits per heavy atom. The molecule has 1 aliphatic rings. The number of hydrogen-bond donors (Lipinski definition) is 2. The van der Waals surface area contributed by atoms with Crippen molar-refractivity contribution in [1.29, 1.82) is 0 Å². The first-order valence-electron chi connectivity index (χ1n) is 7.17. The zero-order chi connectivity index (χ0) is 16.6. The first kappa shape index (κ1) is 21.1. The van der Waals surface area contributed by atoms with Crippen LogP contribution in [0.3, 0.4) is 0 Å². The molecule has 1 atom stereocenters. The summed E-state index contributed by atoms with van der Waals surface area (Å²) in [5.74, 6) is -0.257. The summed E-state index contributed by atoms with van der Waals surface area (Å²) in [6.07, 6.45) is 1.42. The molecule has 2 aromatic rings. The van der Waals surface area contributed by atoms with E-state index < -0.39 is 17.3 Å². The SMILES string of the molecule is Cl.Cl.Cn1c(=O)c2cc(NC(=O)C3COCCN3)cnc2n(C)c1=O. The fourth-order valence-electron chi connectivity index (χ4n) is 2.50. The topological polar surface area (TPSA) is 107 Å². The number of fused-ring (bicyclic) bond motifs is 1. The van der Waals surface area contributed by atoms with E-state index in [-0.39, 0.29) is 41.8 Å². The lowest BCUT2D eigenvalue weighted by molar-refractivity contribution is -0.120. The normalized spacial score (nSPS) is 16.6. The van der Waals surface area contributed by atoms with Crippen LogP contribution >= 0.6 is 24.8 Å². The molecule has 11 heteroatoms. The van der Waals surface area contributed by atoms with E-state index in [0.29, 0.717) is 25.4 Å². The summed E-state index contributed by atoms with van der Waals surface area (Å²) in [4.78, 5) is 40.4. The highest BCUT2D eigenvalue weighted by atomic mass is 35.5. The third-order valence-corrected chi connectivity index (χ3v) is 3.80. The van der Waals surface area contributed by atoms with Gasteiger partial charge in [-0.05, 0) is 6.07 Å². The Labute approximate surface area is 155 Å². The molecule has 138 valence electrons. The van der Waals surface area contributed by atoms with Crippen molar-refractivity contribution < 1.29 is 9.53 Å². The van der Waals surface area contributed by atoms with Gasteiger partial charge in [0, 0.05) is 20.6 Å². The lowest BCUT2D eigenvalue weighted by Crippen LogP contribution is -2.48. The highest BCUT2D eigenvalue weighted by Gasteiger charge is 2.21. The number of carbonyl (C=O) groups excluding carboxylic acids is 1. The number of amides is 1. The highest BCUT2D eigenvalue weighted by molar-refractivity contribution is 5.96. The van der Waals surface area contributed by atoms with Gasteiger partial charge in [0.15, 0.2) is 0 Å². The quantitative estimate of drug-likeness (QED) is 0.707. The summed E-state index contributed by atoms with van der Waals surface area (Å²) in [5, 5.41) is 6.01. The number of carbonyl (C=O) groups is 1. The van der Waals surface area contributed by atoms with Gasteiger partial charge in [0.1, 0.15) is 11.7 Å². The zero-order valence-corrected chi connectivity index (χ0v) is 15.3. The van der Waals surface area contributed by atoms with E-state index >= 15 is 0 Å². The van der Waals surface area contributed by atoms with Crippen LogP contribution in [0, 0.1) is 0 Å². The molecule has 25 heavy (non-hydrogen) atoms. The number of anilines is 1. The molecule has 2 aromatic heterocycles. The minimum Gasteiger partial charge on any atom is -0.378 e.